The van der Waals surface area contributed by atoms with Gasteiger partial charge in [0.05, 0.1) is 0 Å². The van der Waals surface area contributed by atoms with Crippen molar-refractivity contribution in [3.63, 3.8) is 0 Å². The Morgan fingerprint density at radius 3 is 1.79 bits per heavy atom. The van der Waals surface area contributed by atoms with Crippen molar-refractivity contribution >= 4 is 41.2 Å². The van der Waals surface area contributed by atoms with E-state index >= 15 is 0 Å². The lowest BCUT2D eigenvalue weighted by Gasteiger charge is -2.44. The van der Waals surface area contributed by atoms with Crippen LogP contribution in [0.1, 0.15) is 27.7 Å². The first-order valence-electron chi connectivity index (χ1n) is 7.94. The molecule has 1 saturated heterocycles. The number of esters is 4. The van der Waals surface area contributed by atoms with Crippen LogP contribution < -0.4 is 28.0 Å². The number of carbonyl (C=O) groups excluding carboxylic acids is 4. The van der Waals surface area contributed by atoms with Crippen LogP contribution >= 0.6 is 12.2 Å². The van der Waals surface area contributed by atoms with Gasteiger partial charge in [-0.3, -0.25) is 19.2 Å². The van der Waals surface area contributed by atoms with Crippen LogP contribution in [0.5, 0.6) is 0 Å². The molecule has 5 atom stereocenters. The predicted octanol–water partition coefficient (Wildman–Crippen LogP) is -4.81. The predicted molar refractivity (Wildman–Crippen MR) is 90.6 cm³/mol. The van der Waals surface area contributed by atoms with E-state index in [0.29, 0.717) is 0 Å². The standard InChI is InChI=1S/C15H22N2O9S.BrH/c1-6(18)22-5-10-11(23-7(2)19)12(24-8(3)20)13(25-9(4)21)14(26-10)17-15(16)27;/h10-14H,5H2,1-4H3,(H3,16,17,27);1H/t10-,11+,12+,13-,14?;/m1./s1. The Morgan fingerprint density at radius 2 is 1.36 bits per heavy atom. The molecule has 0 bridgehead atoms. The summed E-state index contributed by atoms with van der Waals surface area (Å²) in [5.41, 5.74) is 3.52. The van der Waals surface area contributed by atoms with Crippen LogP contribution in [0.4, 0.5) is 0 Å². The molecule has 11 nitrogen and oxygen atoms in total. The second kappa shape index (κ2) is 11.9. The van der Waals surface area contributed by atoms with Crippen molar-refractivity contribution in [3.05, 3.63) is 0 Å². The van der Waals surface area contributed by atoms with Gasteiger partial charge in [0.25, 0.3) is 5.11 Å². The van der Waals surface area contributed by atoms with Gasteiger partial charge >= 0.3 is 23.9 Å². The zero-order chi connectivity index (χ0) is 20.7. The average molecular weight is 487 g/mol. The molecule has 0 aromatic carbocycles. The molecule has 1 rings (SSSR count). The molecule has 0 saturated carbocycles. The van der Waals surface area contributed by atoms with Gasteiger partial charge < -0.3 is 51.7 Å². The highest BCUT2D eigenvalue weighted by molar-refractivity contribution is 7.79. The molecule has 28 heavy (non-hydrogen) atoms. The maximum atomic E-state index is 11.6. The van der Waals surface area contributed by atoms with Gasteiger partial charge in [0, 0.05) is 39.9 Å². The van der Waals surface area contributed by atoms with Gasteiger partial charge in [0.15, 0.2) is 24.5 Å². The number of quaternary nitrogens is 1. The van der Waals surface area contributed by atoms with Gasteiger partial charge in [-0.05, 0) is 0 Å². The molecular formula is C15H23BrN2O9S. The molecule has 0 aromatic rings. The monoisotopic (exact) mass is 486 g/mol. The number of nitrogens with one attached hydrogen (secondary N) is 1. The molecule has 1 heterocycles. The van der Waals surface area contributed by atoms with Gasteiger partial charge in [-0.15, -0.1) is 0 Å². The Balaban J connectivity index is 0.00000729. The molecule has 4 N–H and O–H groups in total. The van der Waals surface area contributed by atoms with Crippen LogP contribution in [0.25, 0.3) is 0 Å². The van der Waals surface area contributed by atoms with E-state index in [4.69, 9.17) is 35.9 Å². The van der Waals surface area contributed by atoms with Crippen molar-refractivity contribution in [2.75, 3.05) is 6.61 Å². The Hall–Kier alpha value is -1.83. The largest absolute Gasteiger partial charge is 1.00 e. The third-order valence-corrected chi connectivity index (χ3v) is 3.41. The molecule has 1 aliphatic heterocycles. The number of carbonyl (C=O) groups is 4. The molecule has 0 spiro atoms. The van der Waals surface area contributed by atoms with Crippen molar-refractivity contribution in [1.82, 2.24) is 5.32 Å². The van der Waals surface area contributed by atoms with Gasteiger partial charge in [-0.25, -0.2) is 0 Å². The van der Waals surface area contributed by atoms with E-state index < -0.39 is 54.5 Å². The summed E-state index contributed by atoms with van der Waals surface area (Å²) in [7, 11) is 0. The molecule has 1 fully saturated rings. The van der Waals surface area contributed by atoms with Gasteiger partial charge in [0.2, 0.25) is 0 Å². The Kier molecular flexibility index (Phi) is 11.1. The molecule has 13 heteroatoms. The SMILES string of the molecule is CC(=O)OC[C@H]1OC(NC([NH3+])=S)[C@H](OC(C)=O)[C@@H](OC(C)=O)[C@H]1OC(C)=O.[Br-]. The Labute approximate surface area is 177 Å². The van der Waals surface area contributed by atoms with Crippen LogP contribution in [0.15, 0.2) is 0 Å². The minimum atomic E-state index is -1.24. The maximum Gasteiger partial charge on any atom is 0.303 e. The third-order valence-electron chi connectivity index (χ3n) is 3.29. The lowest BCUT2D eigenvalue weighted by Crippen LogP contribution is -3.00. The summed E-state index contributed by atoms with van der Waals surface area (Å²) in [4.78, 5) is 45.8. The summed E-state index contributed by atoms with van der Waals surface area (Å²) < 4.78 is 26.3. The van der Waals surface area contributed by atoms with E-state index in [1.54, 1.807) is 0 Å². The molecule has 0 amide bonds. The first-order valence-corrected chi connectivity index (χ1v) is 8.35. The topological polar surface area (TPSA) is 154 Å². The number of ether oxygens (including phenoxy) is 5. The molecule has 0 radical (unpaired) electrons. The van der Waals surface area contributed by atoms with Crippen molar-refractivity contribution in [1.29, 1.82) is 0 Å². The smallest absolute Gasteiger partial charge is 0.303 e. The summed E-state index contributed by atoms with van der Waals surface area (Å²) in [6.45, 7) is 4.32. The quantitative estimate of drug-likeness (QED) is 0.211. The van der Waals surface area contributed by atoms with E-state index in [9.17, 15) is 19.2 Å². The zero-order valence-corrected chi connectivity index (χ0v) is 18.2. The van der Waals surface area contributed by atoms with Crippen molar-refractivity contribution in [2.24, 2.45) is 0 Å². The molecule has 0 aromatic heterocycles. The first kappa shape index (κ1) is 26.2. The number of hydrogen-bond acceptors (Lipinski definition) is 10. The minimum Gasteiger partial charge on any atom is -1.00 e. The average Bonchev–Trinajstić information content (AvgIpc) is 2.49. The van der Waals surface area contributed by atoms with Gasteiger partial charge in [0.1, 0.15) is 12.7 Å². The van der Waals surface area contributed by atoms with Crippen molar-refractivity contribution in [2.45, 2.75) is 58.3 Å². The molecule has 1 unspecified atom stereocenters. The summed E-state index contributed by atoms with van der Waals surface area (Å²) >= 11 is 4.89. The third kappa shape index (κ3) is 8.46. The Bertz CT molecular complexity index is 618. The van der Waals surface area contributed by atoms with E-state index in [1.165, 1.54) is 6.92 Å². The van der Waals surface area contributed by atoms with Crippen LogP contribution in [-0.4, -0.2) is 66.2 Å². The van der Waals surface area contributed by atoms with Crippen molar-refractivity contribution in [3.8, 4) is 0 Å². The highest BCUT2D eigenvalue weighted by atomic mass is 79.9. The summed E-state index contributed by atoms with van der Waals surface area (Å²) in [6.07, 6.45) is -5.76. The molecule has 0 aliphatic carbocycles. The van der Waals surface area contributed by atoms with Gasteiger partial charge in [-0.1, -0.05) is 0 Å². The van der Waals surface area contributed by atoms with Crippen LogP contribution in [0.2, 0.25) is 0 Å². The van der Waals surface area contributed by atoms with E-state index in [2.05, 4.69) is 11.1 Å². The van der Waals surface area contributed by atoms with Crippen LogP contribution in [0, 0.1) is 0 Å². The molecule has 1 aliphatic rings. The lowest BCUT2D eigenvalue weighted by atomic mass is 9.97. The number of thiocarbonyl (C=S) groups is 1. The van der Waals surface area contributed by atoms with E-state index in [-0.39, 0.29) is 28.7 Å². The highest BCUT2D eigenvalue weighted by Crippen LogP contribution is 2.28. The number of halogens is 1. The Morgan fingerprint density at radius 1 is 0.893 bits per heavy atom. The second-order valence-corrected chi connectivity index (χ2v) is 6.18. The van der Waals surface area contributed by atoms with E-state index in [1.807, 2.05) is 0 Å². The van der Waals surface area contributed by atoms with Gasteiger partial charge in [-0.2, -0.15) is 0 Å². The van der Waals surface area contributed by atoms with Crippen molar-refractivity contribution < 1.29 is 65.6 Å². The fourth-order valence-corrected chi connectivity index (χ4v) is 2.62. The zero-order valence-electron chi connectivity index (χ0n) is 15.8. The minimum absolute atomic E-state index is 0. The lowest BCUT2D eigenvalue weighted by molar-refractivity contribution is -0.264. The molecule has 160 valence electrons. The summed E-state index contributed by atoms with van der Waals surface area (Å²) in [6, 6.07) is 0. The number of rotatable bonds is 6. The molecular weight excluding hydrogens is 464 g/mol. The normalized spacial score (nSPS) is 26.1. The first-order chi connectivity index (χ1) is 12.5. The summed E-state index contributed by atoms with van der Waals surface area (Å²) in [5.74, 6) is -2.70. The number of hydrogen-bond donors (Lipinski definition) is 2. The fourth-order valence-electron chi connectivity index (χ4n) is 2.50. The fraction of sp³-hybridized carbons (Fsp3) is 0.667. The van der Waals surface area contributed by atoms with Crippen LogP contribution in [0.3, 0.4) is 0 Å². The maximum absolute atomic E-state index is 11.6. The second-order valence-electron chi connectivity index (χ2n) is 5.69. The highest BCUT2D eigenvalue weighted by Gasteiger charge is 2.52. The van der Waals surface area contributed by atoms with Crippen LogP contribution in [-0.2, 0) is 42.9 Å². The van der Waals surface area contributed by atoms with E-state index in [0.717, 1.165) is 20.8 Å². The summed E-state index contributed by atoms with van der Waals surface area (Å²) in [5, 5.41) is 2.75.